The van der Waals surface area contributed by atoms with Gasteiger partial charge in [0.1, 0.15) is 5.75 Å². The lowest BCUT2D eigenvalue weighted by Gasteiger charge is -2.11. The fourth-order valence-corrected chi connectivity index (χ4v) is 2.48. The van der Waals surface area contributed by atoms with Crippen LogP contribution in [0.4, 0.5) is 0 Å². The molecule has 0 aliphatic heterocycles. The highest BCUT2D eigenvalue weighted by Gasteiger charge is 2.20. The number of nitrogens with zero attached hydrogens (tertiary/aromatic N) is 1. The summed E-state index contributed by atoms with van der Waals surface area (Å²) in [6, 6.07) is 7.91. The van der Waals surface area contributed by atoms with E-state index in [1.54, 1.807) is 18.2 Å². The largest absolute Gasteiger partial charge is 0.437 e. The van der Waals surface area contributed by atoms with E-state index >= 15 is 0 Å². The SMILES string of the molecule is Cc1cc(CNC2CC2)cnc1Oc1ccc(Cl)cc1Cl. The highest BCUT2D eigenvalue weighted by molar-refractivity contribution is 6.35. The molecule has 1 aromatic heterocycles. The molecule has 3 nitrogen and oxygen atoms in total. The Hall–Kier alpha value is -1.29. The molecule has 5 heteroatoms. The smallest absolute Gasteiger partial charge is 0.222 e. The van der Waals surface area contributed by atoms with Crippen LogP contribution in [0.2, 0.25) is 10.0 Å². The van der Waals surface area contributed by atoms with Gasteiger partial charge < -0.3 is 10.1 Å². The van der Waals surface area contributed by atoms with Gasteiger partial charge in [0.05, 0.1) is 5.02 Å². The lowest BCUT2D eigenvalue weighted by atomic mass is 10.2. The molecule has 0 amide bonds. The zero-order chi connectivity index (χ0) is 14.8. The van der Waals surface area contributed by atoms with E-state index in [2.05, 4.69) is 16.4 Å². The topological polar surface area (TPSA) is 34.2 Å². The fraction of sp³-hybridized carbons (Fsp3) is 0.312. The Bertz CT molecular complexity index is 657. The predicted molar refractivity (Wildman–Crippen MR) is 85.4 cm³/mol. The van der Waals surface area contributed by atoms with Gasteiger partial charge in [0, 0.05) is 29.4 Å². The van der Waals surface area contributed by atoms with Gasteiger partial charge in [-0.15, -0.1) is 0 Å². The Morgan fingerprint density at radius 1 is 1.29 bits per heavy atom. The first-order chi connectivity index (χ1) is 10.1. The molecular formula is C16H16Cl2N2O. The van der Waals surface area contributed by atoms with Gasteiger partial charge in [0.25, 0.3) is 0 Å². The first-order valence-corrected chi connectivity index (χ1v) is 7.69. The molecule has 3 rings (SSSR count). The van der Waals surface area contributed by atoms with E-state index in [1.807, 2.05) is 13.1 Å². The number of aromatic nitrogens is 1. The molecule has 21 heavy (non-hydrogen) atoms. The van der Waals surface area contributed by atoms with Crippen LogP contribution < -0.4 is 10.1 Å². The highest BCUT2D eigenvalue weighted by atomic mass is 35.5. The quantitative estimate of drug-likeness (QED) is 0.863. The lowest BCUT2D eigenvalue weighted by molar-refractivity contribution is 0.458. The number of halogens is 2. The van der Waals surface area contributed by atoms with E-state index in [0.717, 1.165) is 17.7 Å². The minimum absolute atomic E-state index is 0.475. The van der Waals surface area contributed by atoms with Crippen molar-refractivity contribution in [2.45, 2.75) is 32.4 Å². The lowest BCUT2D eigenvalue weighted by Crippen LogP contribution is -2.15. The van der Waals surface area contributed by atoms with Gasteiger partial charge in [-0.25, -0.2) is 4.98 Å². The van der Waals surface area contributed by atoms with Crippen molar-refractivity contribution < 1.29 is 4.74 Å². The van der Waals surface area contributed by atoms with Crippen LogP contribution in [0.15, 0.2) is 30.5 Å². The van der Waals surface area contributed by atoms with E-state index in [0.29, 0.717) is 27.7 Å². The minimum atomic E-state index is 0.475. The molecule has 1 heterocycles. The Morgan fingerprint density at radius 3 is 2.76 bits per heavy atom. The standard InChI is InChI=1S/C16H16Cl2N2O/c1-10-6-11(8-19-13-3-4-13)9-20-16(10)21-15-5-2-12(17)7-14(15)18/h2,5-7,9,13,19H,3-4,8H2,1H3. The van der Waals surface area contributed by atoms with Gasteiger partial charge in [0.2, 0.25) is 5.88 Å². The molecule has 1 fully saturated rings. The molecule has 2 aromatic rings. The number of pyridine rings is 1. The summed E-state index contributed by atoms with van der Waals surface area (Å²) in [6.07, 6.45) is 4.40. The Balaban J connectivity index is 1.72. The molecule has 0 radical (unpaired) electrons. The molecule has 0 spiro atoms. The molecule has 0 saturated heterocycles. The van der Waals surface area contributed by atoms with Gasteiger partial charge in [-0.3, -0.25) is 0 Å². The van der Waals surface area contributed by atoms with Crippen LogP contribution in [0.25, 0.3) is 0 Å². The Labute approximate surface area is 134 Å². The van der Waals surface area contributed by atoms with Gasteiger partial charge >= 0.3 is 0 Å². The average molecular weight is 323 g/mol. The third-order valence-corrected chi connectivity index (χ3v) is 3.89. The molecule has 1 saturated carbocycles. The number of aryl methyl sites for hydroxylation is 1. The van der Waals surface area contributed by atoms with E-state index in [1.165, 1.54) is 12.8 Å². The molecule has 1 aromatic carbocycles. The third kappa shape index (κ3) is 3.88. The first-order valence-electron chi connectivity index (χ1n) is 6.93. The molecule has 0 bridgehead atoms. The van der Waals surface area contributed by atoms with Crippen LogP contribution >= 0.6 is 23.2 Å². The van der Waals surface area contributed by atoms with Crippen LogP contribution in [0.5, 0.6) is 11.6 Å². The van der Waals surface area contributed by atoms with Crippen molar-refractivity contribution in [3.05, 3.63) is 51.6 Å². The van der Waals surface area contributed by atoms with Crippen molar-refractivity contribution in [3.8, 4) is 11.6 Å². The monoisotopic (exact) mass is 322 g/mol. The molecule has 0 atom stereocenters. The number of rotatable bonds is 5. The Morgan fingerprint density at radius 2 is 2.10 bits per heavy atom. The van der Waals surface area contributed by atoms with Crippen molar-refractivity contribution in [2.24, 2.45) is 0 Å². The van der Waals surface area contributed by atoms with Crippen molar-refractivity contribution in [3.63, 3.8) is 0 Å². The van der Waals surface area contributed by atoms with Crippen LogP contribution in [0, 0.1) is 6.92 Å². The Kier molecular flexibility index (Phi) is 4.34. The maximum atomic E-state index is 6.11. The molecule has 1 aliphatic carbocycles. The predicted octanol–water partition coefficient (Wildman–Crippen LogP) is 4.74. The number of hydrogen-bond donors (Lipinski definition) is 1. The second-order valence-corrected chi connectivity index (χ2v) is 6.14. The van der Waals surface area contributed by atoms with Crippen LogP contribution in [0.3, 0.4) is 0 Å². The van der Waals surface area contributed by atoms with E-state index < -0.39 is 0 Å². The van der Waals surface area contributed by atoms with Crippen LogP contribution in [0.1, 0.15) is 24.0 Å². The van der Waals surface area contributed by atoms with Crippen molar-refractivity contribution in [1.29, 1.82) is 0 Å². The summed E-state index contributed by atoms with van der Waals surface area (Å²) in [5.74, 6) is 1.12. The summed E-state index contributed by atoms with van der Waals surface area (Å²) in [4.78, 5) is 4.38. The van der Waals surface area contributed by atoms with Gasteiger partial charge in [0.15, 0.2) is 0 Å². The average Bonchev–Trinajstić information content (AvgIpc) is 3.26. The van der Waals surface area contributed by atoms with Crippen molar-refractivity contribution in [1.82, 2.24) is 10.3 Å². The summed E-state index contributed by atoms with van der Waals surface area (Å²) < 4.78 is 5.77. The van der Waals surface area contributed by atoms with Crippen LogP contribution in [-0.2, 0) is 6.54 Å². The molecular weight excluding hydrogens is 307 g/mol. The van der Waals surface area contributed by atoms with Gasteiger partial charge in [-0.1, -0.05) is 23.2 Å². The van der Waals surface area contributed by atoms with Crippen molar-refractivity contribution in [2.75, 3.05) is 0 Å². The molecule has 1 N–H and O–H groups in total. The van der Waals surface area contributed by atoms with Gasteiger partial charge in [-0.2, -0.15) is 0 Å². The molecule has 110 valence electrons. The summed E-state index contributed by atoms with van der Waals surface area (Å²) in [5.41, 5.74) is 2.14. The summed E-state index contributed by atoms with van der Waals surface area (Å²) in [6.45, 7) is 2.83. The fourth-order valence-electron chi connectivity index (χ4n) is 2.04. The third-order valence-electron chi connectivity index (χ3n) is 3.36. The second-order valence-electron chi connectivity index (χ2n) is 5.30. The second kappa shape index (κ2) is 6.22. The minimum Gasteiger partial charge on any atom is -0.437 e. The number of hydrogen-bond acceptors (Lipinski definition) is 3. The van der Waals surface area contributed by atoms with Crippen LogP contribution in [-0.4, -0.2) is 11.0 Å². The zero-order valence-electron chi connectivity index (χ0n) is 11.7. The maximum absolute atomic E-state index is 6.11. The normalized spacial score (nSPS) is 14.2. The van der Waals surface area contributed by atoms with E-state index in [4.69, 9.17) is 27.9 Å². The van der Waals surface area contributed by atoms with Gasteiger partial charge in [-0.05, 0) is 49.6 Å². The summed E-state index contributed by atoms with van der Waals surface area (Å²) >= 11 is 12.0. The zero-order valence-corrected chi connectivity index (χ0v) is 13.2. The maximum Gasteiger partial charge on any atom is 0.222 e. The van der Waals surface area contributed by atoms with E-state index in [-0.39, 0.29) is 0 Å². The molecule has 1 aliphatic rings. The first kappa shape index (κ1) is 14.6. The summed E-state index contributed by atoms with van der Waals surface area (Å²) in [7, 11) is 0. The number of nitrogens with one attached hydrogen (secondary N) is 1. The number of benzene rings is 1. The van der Waals surface area contributed by atoms with E-state index in [9.17, 15) is 0 Å². The summed E-state index contributed by atoms with van der Waals surface area (Å²) in [5, 5.41) is 4.53. The molecule has 0 unspecified atom stereocenters. The highest BCUT2D eigenvalue weighted by Crippen LogP contribution is 2.32. The number of ether oxygens (including phenoxy) is 1. The van der Waals surface area contributed by atoms with Crippen molar-refractivity contribution >= 4 is 23.2 Å².